The van der Waals surface area contributed by atoms with Gasteiger partial charge in [0.1, 0.15) is 5.60 Å². The number of carbonyl (C=O) groups excluding carboxylic acids is 1. The first-order valence-electron chi connectivity index (χ1n) is 5.58. The Hall–Kier alpha value is -0.910. The molecule has 0 spiro atoms. The van der Waals surface area contributed by atoms with Crippen LogP contribution in [0.2, 0.25) is 0 Å². The quantitative estimate of drug-likeness (QED) is 0.777. The first-order valence-corrected chi connectivity index (χ1v) is 6.73. The van der Waals surface area contributed by atoms with E-state index in [-0.39, 0.29) is 6.54 Å². The number of carboxylic acids is 1. The molecule has 0 aliphatic carbocycles. The van der Waals surface area contributed by atoms with Crippen molar-refractivity contribution in [2.24, 2.45) is 5.92 Å². The summed E-state index contributed by atoms with van der Waals surface area (Å²) < 4.78 is 5.25. The van der Waals surface area contributed by atoms with Gasteiger partial charge in [-0.15, -0.1) is 0 Å². The fourth-order valence-electron chi connectivity index (χ4n) is 1.45. The van der Waals surface area contributed by atoms with Gasteiger partial charge < -0.3 is 14.7 Å². The van der Waals surface area contributed by atoms with Crippen LogP contribution in [0.25, 0.3) is 0 Å². The second kappa shape index (κ2) is 5.62. The van der Waals surface area contributed by atoms with Gasteiger partial charge >= 0.3 is 12.1 Å². The normalized spacial score (nSPS) is 21.8. The topological polar surface area (TPSA) is 66.8 Å². The molecule has 1 aliphatic heterocycles. The Bertz CT molecular complexity index is 300. The molecule has 1 aliphatic rings. The zero-order valence-corrected chi connectivity index (χ0v) is 11.2. The van der Waals surface area contributed by atoms with Crippen LogP contribution in [0.3, 0.4) is 0 Å². The van der Waals surface area contributed by atoms with Gasteiger partial charge in [0.2, 0.25) is 0 Å². The van der Waals surface area contributed by atoms with E-state index in [0.717, 1.165) is 5.75 Å². The van der Waals surface area contributed by atoms with E-state index in [9.17, 15) is 9.59 Å². The molecule has 0 bridgehead atoms. The second-order valence-corrected chi connectivity index (χ2v) is 6.19. The summed E-state index contributed by atoms with van der Waals surface area (Å²) in [5.74, 6) is -0.0551. The van der Waals surface area contributed by atoms with Crippen LogP contribution in [0.1, 0.15) is 20.8 Å². The van der Waals surface area contributed by atoms with Crippen molar-refractivity contribution in [1.82, 2.24) is 4.90 Å². The van der Waals surface area contributed by atoms with Crippen LogP contribution in [0.15, 0.2) is 0 Å². The lowest BCUT2D eigenvalue weighted by Gasteiger charge is -2.27. The molecule has 1 heterocycles. The third-order valence-electron chi connectivity index (χ3n) is 2.27. The SMILES string of the molecule is CC(C)(C)OC(=O)N1CCSCC(C(=O)O)C1. The third kappa shape index (κ3) is 4.85. The van der Waals surface area contributed by atoms with Crippen molar-refractivity contribution in [2.45, 2.75) is 26.4 Å². The van der Waals surface area contributed by atoms with Crippen molar-refractivity contribution in [2.75, 3.05) is 24.6 Å². The summed E-state index contributed by atoms with van der Waals surface area (Å²) in [5.41, 5.74) is -0.546. The fourth-order valence-corrected chi connectivity index (χ4v) is 2.50. The maximum absolute atomic E-state index is 11.8. The summed E-state index contributed by atoms with van der Waals surface area (Å²) >= 11 is 1.56. The Morgan fingerprint density at radius 2 is 2.06 bits per heavy atom. The lowest BCUT2D eigenvalue weighted by molar-refractivity contribution is -0.141. The molecule has 17 heavy (non-hydrogen) atoms. The summed E-state index contributed by atoms with van der Waals surface area (Å²) in [6.07, 6.45) is -0.425. The van der Waals surface area contributed by atoms with Gasteiger partial charge in [-0.2, -0.15) is 11.8 Å². The minimum absolute atomic E-state index is 0.233. The molecule has 1 atom stereocenters. The maximum atomic E-state index is 11.8. The highest BCUT2D eigenvalue weighted by atomic mass is 32.2. The van der Waals surface area contributed by atoms with Crippen molar-refractivity contribution in [3.05, 3.63) is 0 Å². The van der Waals surface area contributed by atoms with Crippen molar-refractivity contribution in [3.8, 4) is 0 Å². The molecule has 0 aromatic rings. The van der Waals surface area contributed by atoms with E-state index in [1.807, 2.05) is 0 Å². The molecule has 1 amide bonds. The van der Waals surface area contributed by atoms with Crippen molar-refractivity contribution in [3.63, 3.8) is 0 Å². The van der Waals surface area contributed by atoms with Gasteiger partial charge in [-0.1, -0.05) is 0 Å². The molecule has 0 saturated carbocycles. The molecule has 5 nitrogen and oxygen atoms in total. The van der Waals surface area contributed by atoms with Gasteiger partial charge in [0.25, 0.3) is 0 Å². The Morgan fingerprint density at radius 3 is 2.59 bits per heavy atom. The highest BCUT2D eigenvalue weighted by molar-refractivity contribution is 7.99. The Balaban J connectivity index is 2.62. The van der Waals surface area contributed by atoms with Gasteiger partial charge in [0.15, 0.2) is 0 Å². The molecule has 1 fully saturated rings. The van der Waals surface area contributed by atoms with Crippen molar-refractivity contribution >= 4 is 23.8 Å². The first-order chi connectivity index (χ1) is 7.79. The first kappa shape index (κ1) is 14.2. The van der Waals surface area contributed by atoms with E-state index >= 15 is 0 Å². The van der Waals surface area contributed by atoms with Gasteiger partial charge in [0.05, 0.1) is 5.92 Å². The molecular formula is C11H19NO4S. The van der Waals surface area contributed by atoms with Crippen LogP contribution >= 0.6 is 11.8 Å². The maximum Gasteiger partial charge on any atom is 0.410 e. The molecule has 1 rings (SSSR count). The highest BCUT2D eigenvalue weighted by Gasteiger charge is 2.29. The zero-order valence-electron chi connectivity index (χ0n) is 10.4. The van der Waals surface area contributed by atoms with E-state index in [1.165, 1.54) is 4.90 Å². The molecule has 1 N–H and O–H groups in total. The molecule has 1 unspecified atom stereocenters. The minimum Gasteiger partial charge on any atom is -0.481 e. The van der Waals surface area contributed by atoms with Crippen LogP contribution in [0, 0.1) is 5.92 Å². The van der Waals surface area contributed by atoms with E-state index in [1.54, 1.807) is 32.5 Å². The average Bonchev–Trinajstić information content (AvgIpc) is 2.39. The Morgan fingerprint density at radius 1 is 1.41 bits per heavy atom. The van der Waals surface area contributed by atoms with Gasteiger partial charge in [0, 0.05) is 24.6 Å². The van der Waals surface area contributed by atoms with Crippen LogP contribution in [0.5, 0.6) is 0 Å². The minimum atomic E-state index is -0.854. The molecular weight excluding hydrogens is 242 g/mol. The van der Waals surface area contributed by atoms with Crippen molar-refractivity contribution in [1.29, 1.82) is 0 Å². The molecule has 6 heteroatoms. The number of aliphatic carboxylic acids is 1. The van der Waals surface area contributed by atoms with Crippen LogP contribution in [-0.2, 0) is 9.53 Å². The molecule has 0 radical (unpaired) electrons. The highest BCUT2D eigenvalue weighted by Crippen LogP contribution is 2.18. The third-order valence-corrected chi connectivity index (χ3v) is 3.38. The number of carboxylic acid groups (broad SMARTS) is 1. The predicted molar refractivity (Wildman–Crippen MR) is 66.3 cm³/mol. The number of hydrogen-bond acceptors (Lipinski definition) is 4. The number of thioether (sulfide) groups is 1. The molecule has 98 valence electrons. The van der Waals surface area contributed by atoms with E-state index < -0.39 is 23.6 Å². The van der Waals surface area contributed by atoms with Crippen LogP contribution < -0.4 is 0 Å². The number of nitrogens with zero attached hydrogens (tertiary/aromatic N) is 1. The number of carbonyl (C=O) groups is 2. The summed E-state index contributed by atoms with van der Waals surface area (Å²) in [6.45, 7) is 6.17. The van der Waals surface area contributed by atoms with Gasteiger partial charge in [-0.05, 0) is 20.8 Å². The second-order valence-electron chi connectivity index (χ2n) is 5.04. The van der Waals surface area contributed by atoms with Crippen LogP contribution in [-0.4, -0.2) is 52.3 Å². The zero-order chi connectivity index (χ0) is 13.1. The number of amides is 1. The number of hydrogen-bond donors (Lipinski definition) is 1. The summed E-state index contributed by atoms with van der Waals surface area (Å²) in [7, 11) is 0. The van der Waals surface area contributed by atoms with Crippen molar-refractivity contribution < 1.29 is 19.4 Å². The summed E-state index contributed by atoms with van der Waals surface area (Å²) in [4.78, 5) is 24.3. The van der Waals surface area contributed by atoms with E-state index in [2.05, 4.69) is 0 Å². The predicted octanol–water partition coefficient (Wildman–Crippen LogP) is 1.67. The summed E-state index contributed by atoms with van der Waals surface area (Å²) in [6, 6.07) is 0. The van der Waals surface area contributed by atoms with Crippen LogP contribution in [0.4, 0.5) is 4.79 Å². The lowest BCUT2D eigenvalue weighted by atomic mass is 10.1. The van der Waals surface area contributed by atoms with E-state index in [4.69, 9.17) is 9.84 Å². The molecule has 0 aromatic carbocycles. The smallest absolute Gasteiger partial charge is 0.410 e. The largest absolute Gasteiger partial charge is 0.481 e. The lowest BCUT2D eigenvalue weighted by Crippen LogP contribution is -2.41. The Kier molecular flexibility index (Phi) is 4.68. The number of rotatable bonds is 1. The Labute approximate surface area is 105 Å². The number of ether oxygens (including phenoxy) is 1. The standard InChI is InChI=1S/C11H19NO4S/c1-11(2,3)16-10(15)12-4-5-17-7-8(6-12)9(13)14/h8H,4-7H2,1-3H3,(H,13,14). The summed E-state index contributed by atoms with van der Waals surface area (Å²) in [5, 5.41) is 9.00. The monoisotopic (exact) mass is 261 g/mol. The fraction of sp³-hybridized carbons (Fsp3) is 0.818. The van der Waals surface area contributed by atoms with E-state index in [0.29, 0.717) is 12.3 Å². The molecule has 1 saturated heterocycles. The molecule has 0 aromatic heterocycles. The average molecular weight is 261 g/mol. The van der Waals surface area contributed by atoms with Gasteiger partial charge in [-0.3, -0.25) is 4.79 Å². The van der Waals surface area contributed by atoms with Gasteiger partial charge in [-0.25, -0.2) is 4.79 Å².